The van der Waals surface area contributed by atoms with Crippen LogP contribution in [0.4, 0.5) is 4.79 Å². The lowest BCUT2D eigenvalue weighted by Crippen LogP contribution is -2.59. The summed E-state index contributed by atoms with van der Waals surface area (Å²) in [4.78, 5) is 15.4. The van der Waals surface area contributed by atoms with Crippen molar-refractivity contribution in [2.75, 3.05) is 6.61 Å². The van der Waals surface area contributed by atoms with Crippen LogP contribution in [0.15, 0.2) is 72.8 Å². The second-order valence-electron chi connectivity index (χ2n) is 10.4. The first-order valence-corrected chi connectivity index (χ1v) is 13.0. The molecule has 4 nitrogen and oxygen atoms in total. The highest BCUT2D eigenvalue weighted by molar-refractivity contribution is 5.79. The average molecular weight is 468 g/mol. The number of carbonyl (C=O) groups is 1. The lowest BCUT2D eigenvalue weighted by Gasteiger charge is -2.51. The first-order valence-electron chi connectivity index (χ1n) is 13.0. The van der Waals surface area contributed by atoms with E-state index in [0.29, 0.717) is 19.4 Å². The van der Waals surface area contributed by atoms with Crippen molar-refractivity contribution in [3.63, 3.8) is 0 Å². The number of amides is 1. The SMILES string of the molecule is CCc1ccccc1C1(O)CC2CCCC(C1)N2C(=O)OCC1c2ccccc2-c2ccccc21. The lowest BCUT2D eigenvalue weighted by molar-refractivity contribution is -0.0894. The van der Waals surface area contributed by atoms with Gasteiger partial charge in [-0.15, -0.1) is 0 Å². The molecule has 4 heteroatoms. The number of rotatable bonds is 4. The van der Waals surface area contributed by atoms with Crippen LogP contribution < -0.4 is 0 Å². The number of nitrogens with zero attached hydrogens (tertiary/aromatic N) is 1. The fourth-order valence-corrected chi connectivity index (χ4v) is 6.90. The van der Waals surface area contributed by atoms with E-state index in [0.717, 1.165) is 31.2 Å². The van der Waals surface area contributed by atoms with E-state index >= 15 is 0 Å². The monoisotopic (exact) mass is 467 g/mol. The summed E-state index contributed by atoms with van der Waals surface area (Å²) in [7, 11) is 0. The van der Waals surface area contributed by atoms with Gasteiger partial charge in [-0.05, 0) is 59.1 Å². The number of benzene rings is 3. The zero-order chi connectivity index (χ0) is 24.0. The standard InChI is InChI=1S/C31H33NO3/c1-2-21-10-3-8-17-29(21)31(34)18-22-11-9-12-23(19-31)32(22)30(33)35-20-28-26-15-6-4-13-24(26)25-14-5-7-16-27(25)28/h3-8,10,13-17,22-23,28,34H,2,9,11-12,18-20H2,1H3. The smallest absolute Gasteiger partial charge is 0.410 e. The van der Waals surface area contributed by atoms with Crippen molar-refractivity contribution < 1.29 is 14.6 Å². The zero-order valence-electron chi connectivity index (χ0n) is 20.3. The van der Waals surface area contributed by atoms with Crippen molar-refractivity contribution >= 4 is 6.09 Å². The second kappa shape index (κ2) is 8.83. The zero-order valence-corrected chi connectivity index (χ0v) is 20.3. The quantitative estimate of drug-likeness (QED) is 0.483. The van der Waals surface area contributed by atoms with Crippen molar-refractivity contribution in [1.82, 2.24) is 4.90 Å². The van der Waals surface area contributed by atoms with Crippen LogP contribution in [0.1, 0.15) is 67.2 Å². The van der Waals surface area contributed by atoms with E-state index < -0.39 is 5.60 Å². The molecule has 0 saturated carbocycles. The number of hydrogen-bond donors (Lipinski definition) is 1. The van der Waals surface area contributed by atoms with Gasteiger partial charge in [-0.2, -0.15) is 0 Å². The molecule has 1 amide bonds. The first kappa shape index (κ1) is 22.4. The van der Waals surface area contributed by atoms with Crippen LogP contribution in [0.3, 0.4) is 0 Å². The minimum atomic E-state index is -0.886. The van der Waals surface area contributed by atoms with Crippen molar-refractivity contribution in [2.24, 2.45) is 0 Å². The van der Waals surface area contributed by atoms with Gasteiger partial charge in [0.15, 0.2) is 0 Å². The molecule has 0 spiro atoms. The third-order valence-corrected chi connectivity index (χ3v) is 8.45. The Labute approximate surface area is 207 Å². The molecule has 2 unspecified atom stereocenters. The largest absolute Gasteiger partial charge is 0.448 e. The summed E-state index contributed by atoms with van der Waals surface area (Å²) >= 11 is 0. The molecule has 2 saturated heterocycles. The summed E-state index contributed by atoms with van der Waals surface area (Å²) in [5, 5.41) is 11.8. The summed E-state index contributed by atoms with van der Waals surface area (Å²) in [5.41, 5.74) is 6.27. The van der Waals surface area contributed by atoms with Crippen molar-refractivity contribution in [2.45, 2.75) is 69.1 Å². The van der Waals surface area contributed by atoms with E-state index in [4.69, 9.17) is 4.74 Å². The Bertz CT molecular complexity index is 1190. The van der Waals surface area contributed by atoms with Crippen molar-refractivity contribution in [3.8, 4) is 11.1 Å². The number of hydrogen-bond acceptors (Lipinski definition) is 3. The predicted molar refractivity (Wildman–Crippen MR) is 137 cm³/mol. The van der Waals surface area contributed by atoms with Crippen LogP contribution >= 0.6 is 0 Å². The Kier molecular flexibility index (Phi) is 5.64. The summed E-state index contributed by atoms with van der Waals surface area (Å²) in [6, 6.07) is 25.1. The van der Waals surface area contributed by atoms with E-state index in [9.17, 15) is 9.90 Å². The third-order valence-electron chi connectivity index (χ3n) is 8.45. The van der Waals surface area contributed by atoms with E-state index in [1.54, 1.807) is 0 Å². The van der Waals surface area contributed by atoms with Crippen LogP contribution in [-0.2, 0) is 16.8 Å². The van der Waals surface area contributed by atoms with Gasteiger partial charge < -0.3 is 14.7 Å². The first-order chi connectivity index (χ1) is 17.1. The molecule has 0 aromatic heterocycles. The van der Waals surface area contributed by atoms with Gasteiger partial charge in [-0.3, -0.25) is 0 Å². The van der Waals surface area contributed by atoms with Crippen molar-refractivity contribution in [1.29, 1.82) is 0 Å². The lowest BCUT2D eigenvalue weighted by atomic mass is 9.71. The van der Waals surface area contributed by atoms with Crippen LogP contribution in [-0.4, -0.2) is 34.8 Å². The molecule has 2 aliphatic heterocycles. The molecule has 1 aliphatic carbocycles. The number of fused-ring (bicyclic) bond motifs is 5. The fourth-order valence-electron chi connectivity index (χ4n) is 6.90. The van der Waals surface area contributed by atoms with E-state index in [1.807, 2.05) is 17.0 Å². The van der Waals surface area contributed by atoms with Gasteiger partial charge in [-0.25, -0.2) is 4.79 Å². The van der Waals surface area contributed by atoms with Gasteiger partial charge in [0, 0.05) is 30.8 Å². The number of aliphatic hydroxyl groups is 1. The molecular formula is C31H33NO3. The van der Waals surface area contributed by atoms with Gasteiger partial charge in [-0.1, -0.05) is 79.7 Å². The number of ether oxygens (including phenoxy) is 1. The Morgan fingerprint density at radius 1 is 0.914 bits per heavy atom. The molecule has 2 bridgehead atoms. The molecule has 3 aliphatic rings. The van der Waals surface area contributed by atoms with E-state index in [-0.39, 0.29) is 24.1 Å². The molecule has 2 atom stereocenters. The number of piperidine rings is 2. The highest BCUT2D eigenvalue weighted by Gasteiger charge is 2.49. The normalized spacial score (nSPS) is 25.1. The van der Waals surface area contributed by atoms with E-state index in [1.165, 1.54) is 27.8 Å². The number of carbonyl (C=O) groups excluding carboxylic acids is 1. The Morgan fingerprint density at radius 3 is 2.11 bits per heavy atom. The van der Waals surface area contributed by atoms with E-state index in [2.05, 4.69) is 67.6 Å². The van der Waals surface area contributed by atoms with Crippen LogP contribution in [0.2, 0.25) is 0 Å². The molecule has 180 valence electrons. The maximum Gasteiger partial charge on any atom is 0.410 e. The van der Waals surface area contributed by atoms with Crippen LogP contribution in [0.5, 0.6) is 0 Å². The third kappa shape index (κ3) is 3.75. The molecule has 0 radical (unpaired) electrons. The maximum atomic E-state index is 13.5. The minimum absolute atomic E-state index is 0.00747. The molecule has 2 heterocycles. The summed E-state index contributed by atoms with van der Waals surface area (Å²) < 4.78 is 6.04. The number of aryl methyl sites for hydroxylation is 1. The molecule has 6 rings (SSSR count). The summed E-state index contributed by atoms with van der Waals surface area (Å²) in [6.07, 6.45) is 4.73. The Balaban J connectivity index is 1.21. The van der Waals surface area contributed by atoms with Gasteiger partial charge in [0.05, 0.1) is 5.60 Å². The molecule has 3 aromatic rings. The highest BCUT2D eigenvalue weighted by Crippen LogP contribution is 2.47. The summed E-state index contributed by atoms with van der Waals surface area (Å²) in [5.74, 6) is 0.0596. The fraction of sp³-hybridized carbons (Fsp3) is 0.387. The maximum absolute atomic E-state index is 13.5. The Morgan fingerprint density at radius 2 is 1.49 bits per heavy atom. The minimum Gasteiger partial charge on any atom is -0.448 e. The van der Waals surface area contributed by atoms with Gasteiger partial charge in [0.25, 0.3) is 0 Å². The van der Waals surface area contributed by atoms with Gasteiger partial charge in [0.1, 0.15) is 6.61 Å². The molecule has 2 fully saturated rings. The molecule has 1 N–H and O–H groups in total. The molecule has 3 aromatic carbocycles. The van der Waals surface area contributed by atoms with Gasteiger partial charge in [0.2, 0.25) is 0 Å². The summed E-state index contributed by atoms with van der Waals surface area (Å²) in [6.45, 7) is 2.47. The van der Waals surface area contributed by atoms with Crippen molar-refractivity contribution in [3.05, 3.63) is 95.1 Å². The molecular weight excluding hydrogens is 434 g/mol. The highest BCUT2D eigenvalue weighted by atomic mass is 16.6. The van der Waals surface area contributed by atoms with Gasteiger partial charge >= 0.3 is 6.09 Å². The predicted octanol–water partition coefficient (Wildman–Crippen LogP) is 6.40. The topological polar surface area (TPSA) is 49.8 Å². The second-order valence-corrected chi connectivity index (χ2v) is 10.4. The Hall–Kier alpha value is -3.11. The van der Waals surface area contributed by atoms with Crippen LogP contribution in [0, 0.1) is 0 Å². The average Bonchev–Trinajstić information content (AvgIpc) is 3.20. The van der Waals surface area contributed by atoms with Crippen LogP contribution in [0.25, 0.3) is 11.1 Å². The molecule has 35 heavy (non-hydrogen) atoms.